The van der Waals surface area contributed by atoms with E-state index in [-0.39, 0.29) is 17.1 Å². The first kappa shape index (κ1) is 26.2. The Morgan fingerprint density at radius 3 is 2.35 bits per heavy atom. The van der Waals surface area contributed by atoms with Crippen LogP contribution in [0.3, 0.4) is 0 Å². The van der Waals surface area contributed by atoms with Crippen molar-refractivity contribution in [1.82, 2.24) is 4.90 Å². The number of likely N-dealkylation sites (N-methyl/N-ethyl adjacent to an activating group) is 1. The summed E-state index contributed by atoms with van der Waals surface area (Å²) in [5.74, 6) is -1.83. The number of amides is 2. The van der Waals surface area contributed by atoms with Gasteiger partial charge in [0.05, 0.1) is 22.7 Å². The van der Waals surface area contributed by atoms with Crippen LogP contribution in [-0.2, 0) is 29.1 Å². The fourth-order valence-electron chi connectivity index (χ4n) is 4.15. The van der Waals surface area contributed by atoms with E-state index in [9.17, 15) is 22.8 Å². The van der Waals surface area contributed by atoms with Crippen LogP contribution in [-0.4, -0.2) is 56.3 Å². The van der Waals surface area contributed by atoms with E-state index in [4.69, 9.17) is 4.74 Å². The number of fused-ring (bicyclic) bond motifs is 2. The lowest BCUT2D eigenvalue weighted by atomic mass is 10.1. The third-order valence-corrected chi connectivity index (χ3v) is 7.66. The van der Waals surface area contributed by atoms with Gasteiger partial charge in [0.25, 0.3) is 10.0 Å². The van der Waals surface area contributed by atoms with Gasteiger partial charge in [-0.2, -0.15) is 0 Å². The van der Waals surface area contributed by atoms with Gasteiger partial charge in [0.1, 0.15) is 18.2 Å². The number of rotatable bonds is 6. The largest absolute Gasteiger partial charge is 0.459 e. The van der Waals surface area contributed by atoms with Crippen LogP contribution in [0, 0.1) is 0 Å². The van der Waals surface area contributed by atoms with Crippen molar-refractivity contribution in [2.75, 3.05) is 23.2 Å². The SMILES string of the molecule is CN(CC(=O)OC(C)(C)C)C(=O)C[C@@H]1C(=O)Nc2ccccc2N1S(=O)(=O)c1ccc2ccccc2c1. The molecular formula is C27H29N3O6S. The van der Waals surface area contributed by atoms with Gasteiger partial charge >= 0.3 is 5.97 Å². The summed E-state index contributed by atoms with van der Waals surface area (Å²) in [7, 11) is -2.85. The van der Waals surface area contributed by atoms with E-state index < -0.39 is 45.9 Å². The summed E-state index contributed by atoms with van der Waals surface area (Å²) in [5.41, 5.74) is -0.149. The Kier molecular flexibility index (Phi) is 6.96. The number of carbonyl (C=O) groups excluding carboxylic acids is 3. The Labute approximate surface area is 216 Å². The lowest BCUT2D eigenvalue weighted by Gasteiger charge is -2.37. The average Bonchev–Trinajstić information content (AvgIpc) is 2.82. The highest BCUT2D eigenvalue weighted by atomic mass is 32.2. The standard InChI is InChI=1S/C27H29N3O6S/c1-27(2,3)36-25(32)17-29(4)24(31)16-23-26(33)28-21-11-7-8-12-22(21)30(23)37(34,35)20-14-13-18-9-5-6-10-19(18)15-20/h5-15,23H,16-17H2,1-4H3,(H,28,33)/t23-/m1/s1. The van der Waals surface area contributed by atoms with E-state index in [2.05, 4.69) is 5.32 Å². The maximum Gasteiger partial charge on any atom is 0.326 e. The van der Waals surface area contributed by atoms with Gasteiger partial charge in [-0.1, -0.05) is 42.5 Å². The molecule has 0 radical (unpaired) electrons. The number of para-hydroxylation sites is 2. The van der Waals surface area contributed by atoms with Crippen molar-refractivity contribution < 1.29 is 27.5 Å². The number of nitrogens with zero attached hydrogens (tertiary/aromatic N) is 2. The van der Waals surface area contributed by atoms with Crippen molar-refractivity contribution >= 4 is 50.0 Å². The number of esters is 1. The molecule has 1 aliphatic rings. The molecule has 0 aliphatic carbocycles. The quantitative estimate of drug-likeness (QED) is 0.495. The summed E-state index contributed by atoms with van der Waals surface area (Å²) in [6.45, 7) is 4.81. The fourth-order valence-corrected chi connectivity index (χ4v) is 5.82. The molecule has 0 fully saturated rings. The average molecular weight is 524 g/mol. The molecule has 0 unspecified atom stereocenters. The maximum absolute atomic E-state index is 14.0. The van der Waals surface area contributed by atoms with Crippen LogP contribution in [0.1, 0.15) is 27.2 Å². The van der Waals surface area contributed by atoms with Crippen molar-refractivity contribution in [2.24, 2.45) is 0 Å². The van der Waals surface area contributed by atoms with Crippen LogP contribution in [0.15, 0.2) is 71.6 Å². The predicted octanol–water partition coefficient (Wildman–Crippen LogP) is 3.55. The first-order chi connectivity index (χ1) is 17.4. The van der Waals surface area contributed by atoms with Gasteiger partial charge in [-0.3, -0.25) is 18.7 Å². The monoisotopic (exact) mass is 523 g/mol. The van der Waals surface area contributed by atoms with Gasteiger partial charge in [0, 0.05) is 7.05 Å². The molecule has 0 spiro atoms. The van der Waals surface area contributed by atoms with E-state index in [1.165, 1.54) is 13.1 Å². The second-order valence-electron chi connectivity index (χ2n) is 9.87. The van der Waals surface area contributed by atoms with Gasteiger partial charge in [0.2, 0.25) is 11.8 Å². The summed E-state index contributed by atoms with van der Waals surface area (Å²) >= 11 is 0. The highest BCUT2D eigenvalue weighted by Crippen LogP contribution is 2.37. The number of hydrogen-bond acceptors (Lipinski definition) is 6. The molecule has 1 aliphatic heterocycles. The number of ether oxygens (including phenoxy) is 1. The Balaban J connectivity index is 1.69. The summed E-state index contributed by atoms with van der Waals surface area (Å²) < 4.78 is 34.2. The molecule has 0 saturated heterocycles. The van der Waals surface area contributed by atoms with Crippen molar-refractivity contribution in [3.63, 3.8) is 0 Å². The van der Waals surface area contributed by atoms with Gasteiger partial charge in [0.15, 0.2) is 0 Å². The number of nitrogens with one attached hydrogen (secondary N) is 1. The van der Waals surface area contributed by atoms with E-state index in [0.29, 0.717) is 5.69 Å². The van der Waals surface area contributed by atoms with Gasteiger partial charge in [-0.25, -0.2) is 8.42 Å². The molecule has 194 valence electrons. The molecule has 9 nitrogen and oxygen atoms in total. The van der Waals surface area contributed by atoms with E-state index >= 15 is 0 Å². The third-order valence-electron chi connectivity index (χ3n) is 5.84. The molecular weight excluding hydrogens is 494 g/mol. The number of sulfonamides is 1. The summed E-state index contributed by atoms with van der Waals surface area (Å²) in [4.78, 5) is 39.5. The predicted molar refractivity (Wildman–Crippen MR) is 141 cm³/mol. The zero-order valence-corrected chi connectivity index (χ0v) is 21.9. The molecule has 0 aromatic heterocycles. The van der Waals surface area contributed by atoms with Crippen LogP contribution in [0.25, 0.3) is 10.8 Å². The molecule has 0 bridgehead atoms. The highest BCUT2D eigenvalue weighted by Gasteiger charge is 2.42. The topological polar surface area (TPSA) is 113 Å². The lowest BCUT2D eigenvalue weighted by molar-refractivity contribution is -0.158. The van der Waals surface area contributed by atoms with E-state index in [1.807, 2.05) is 18.2 Å². The number of benzene rings is 3. The molecule has 3 aromatic rings. The van der Waals surface area contributed by atoms with Crippen LogP contribution < -0.4 is 9.62 Å². The van der Waals surface area contributed by atoms with E-state index in [0.717, 1.165) is 20.0 Å². The minimum Gasteiger partial charge on any atom is -0.459 e. The van der Waals surface area contributed by atoms with Crippen molar-refractivity contribution in [1.29, 1.82) is 0 Å². The summed E-state index contributed by atoms with van der Waals surface area (Å²) in [6, 6.07) is 17.2. The minimum atomic E-state index is -4.26. The molecule has 37 heavy (non-hydrogen) atoms. The Morgan fingerprint density at radius 1 is 1.00 bits per heavy atom. The smallest absolute Gasteiger partial charge is 0.326 e. The lowest BCUT2D eigenvalue weighted by Crippen LogP contribution is -2.53. The van der Waals surface area contributed by atoms with Crippen molar-refractivity contribution in [3.8, 4) is 0 Å². The molecule has 3 aromatic carbocycles. The molecule has 2 amide bonds. The normalized spacial score (nSPS) is 15.6. The highest BCUT2D eigenvalue weighted by molar-refractivity contribution is 7.93. The van der Waals surface area contributed by atoms with Gasteiger partial charge in [-0.15, -0.1) is 0 Å². The van der Waals surface area contributed by atoms with Crippen molar-refractivity contribution in [3.05, 3.63) is 66.7 Å². The number of carbonyl (C=O) groups is 3. The fraction of sp³-hybridized carbons (Fsp3) is 0.296. The number of hydrogen-bond donors (Lipinski definition) is 1. The van der Waals surface area contributed by atoms with Crippen molar-refractivity contribution in [2.45, 2.75) is 43.7 Å². The molecule has 4 rings (SSSR count). The van der Waals surface area contributed by atoms with Crippen LogP contribution in [0.2, 0.25) is 0 Å². The molecule has 1 N–H and O–H groups in total. The molecule has 0 saturated carbocycles. The number of anilines is 2. The Hall–Kier alpha value is -3.92. The molecule has 1 atom stereocenters. The zero-order chi connectivity index (χ0) is 27.0. The molecule has 1 heterocycles. The second-order valence-corrected chi connectivity index (χ2v) is 11.7. The van der Waals surface area contributed by atoms with Crippen LogP contribution in [0.5, 0.6) is 0 Å². The van der Waals surface area contributed by atoms with Gasteiger partial charge in [-0.05, 0) is 55.8 Å². The molecule has 10 heteroatoms. The van der Waals surface area contributed by atoms with E-state index in [1.54, 1.807) is 63.2 Å². The minimum absolute atomic E-state index is 0.00439. The summed E-state index contributed by atoms with van der Waals surface area (Å²) in [5, 5.41) is 4.30. The summed E-state index contributed by atoms with van der Waals surface area (Å²) in [6.07, 6.45) is -0.466. The first-order valence-corrected chi connectivity index (χ1v) is 13.2. The Morgan fingerprint density at radius 2 is 1.65 bits per heavy atom. The van der Waals surface area contributed by atoms with Gasteiger partial charge < -0.3 is 15.0 Å². The maximum atomic E-state index is 14.0. The Bertz CT molecular complexity index is 1480. The van der Waals surface area contributed by atoms with Crippen LogP contribution in [0.4, 0.5) is 11.4 Å². The third kappa shape index (κ3) is 5.59. The van der Waals surface area contributed by atoms with Crippen LogP contribution >= 0.6 is 0 Å². The zero-order valence-electron chi connectivity index (χ0n) is 21.1. The first-order valence-electron chi connectivity index (χ1n) is 11.8. The second kappa shape index (κ2) is 9.85.